The lowest BCUT2D eigenvalue weighted by molar-refractivity contribution is -0.129. The number of anilines is 1. The SMILES string of the molecule is CNC1CCCc2nc(N3CCN(C)C(=O)C3)sc21. The number of piperazine rings is 1. The number of aryl methyl sites for hydroxylation is 1. The molecule has 0 saturated carbocycles. The Morgan fingerprint density at radius 3 is 3.00 bits per heavy atom. The number of likely N-dealkylation sites (N-methyl/N-ethyl adjacent to an activating group) is 1. The summed E-state index contributed by atoms with van der Waals surface area (Å²) < 4.78 is 0. The molecule has 1 saturated heterocycles. The molecule has 1 atom stereocenters. The Morgan fingerprint density at radius 1 is 1.42 bits per heavy atom. The summed E-state index contributed by atoms with van der Waals surface area (Å²) in [4.78, 5) is 21.8. The highest BCUT2D eigenvalue weighted by molar-refractivity contribution is 7.15. The van der Waals surface area contributed by atoms with E-state index >= 15 is 0 Å². The first-order chi connectivity index (χ1) is 9.19. The van der Waals surface area contributed by atoms with Crippen molar-refractivity contribution in [1.29, 1.82) is 0 Å². The van der Waals surface area contributed by atoms with Crippen molar-refractivity contribution in [3.63, 3.8) is 0 Å². The van der Waals surface area contributed by atoms with Crippen LogP contribution in [0.1, 0.15) is 29.5 Å². The molecule has 3 rings (SSSR count). The summed E-state index contributed by atoms with van der Waals surface area (Å²) in [7, 11) is 3.88. The highest BCUT2D eigenvalue weighted by Crippen LogP contribution is 2.37. The van der Waals surface area contributed by atoms with E-state index in [0.29, 0.717) is 12.6 Å². The van der Waals surface area contributed by atoms with Crippen molar-refractivity contribution >= 4 is 22.4 Å². The molecule has 104 valence electrons. The van der Waals surface area contributed by atoms with Crippen LogP contribution in [0.2, 0.25) is 0 Å². The average Bonchev–Trinajstić information content (AvgIpc) is 2.85. The van der Waals surface area contributed by atoms with Crippen LogP contribution in [0.3, 0.4) is 0 Å². The molecule has 0 spiro atoms. The van der Waals surface area contributed by atoms with Gasteiger partial charge in [-0.25, -0.2) is 4.98 Å². The van der Waals surface area contributed by atoms with Crippen LogP contribution in [0.5, 0.6) is 0 Å². The summed E-state index contributed by atoms with van der Waals surface area (Å²) in [6, 6.07) is 0.443. The van der Waals surface area contributed by atoms with Gasteiger partial charge in [0.15, 0.2) is 5.13 Å². The van der Waals surface area contributed by atoms with Crippen molar-refractivity contribution in [2.45, 2.75) is 25.3 Å². The van der Waals surface area contributed by atoms with E-state index < -0.39 is 0 Å². The van der Waals surface area contributed by atoms with E-state index in [-0.39, 0.29) is 5.91 Å². The van der Waals surface area contributed by atoms with Crippen LogP contribution in [-0.4, -0.2) is 49.5 Å². The number of carbonyl (C=O) groups is 1. The fourth-order valence-corrected chi connectivity index (χ4v) is 4.02. The first-order valence-corrected chi connectivity index (χ1v) is 7.66. The van der Waals surface area contributed by atoms with E-state index in [1.165, 1.54) is 23.4 Å². The zero-order valence-corrected chi connectivity index (χ0v) is 12.3. The summed E-state index contributed by atoms with van der Waals surface area (Å²) >= 11 is 1.76. The van der Waals surface area contributed by atoms with Crippen LogP contribution in [0.25, 0.3) is 0 Å². The van der Waals surface area contributed by atoms with Crippen LogP contribution in [0.15, 0.2) is 0 Å². The second-order valence-electron chi connectivity index (χ2n) is 5.28. The normalized spacial score (nSPS) is 23.7. The topological polar surface area (TPSA) is 48.5 Å². The monoisotopic (exact) mass is 280 g/mol. The Morgan fingerprint density at radius 2 is 2.26 bits per heavy atom. The number of nitrogens with one attached hydrogen (secondary N) is 1. The summed E-state index contributed by atoms with van der Waals surface area (Å²) in [5.41, 5.74) is 1.23. The summed E-state index contributed by atoms with van der Waals surface area (Å²) in [6.07, 6.45) is 3.46. The molecule has 5 nitrogen and oxygen atoms in total. The van der Waals surface area contributed by atoms with Gasteiger partial charge in [-0.1, -0.05) is 11.3 Å². The average molecular weight is 280 g/mol. The zero-order chi connectivity index (χ0) is 13.4. The molecule has 1 unspecified atom stereocenters. The molecule has 1 aromatic heterocycles. The summed E-state index contributed by atoms with van der Waals surface area (Å²) in [5.74, 6) is 0.185. The maximum absolute atomic E-state index is 11.8. The van der Waals surface area contributed by atoms with Gasteiger partial charge in [-0.15, -0.1) is 0 Å². The molecule has 0 aromatic carbocycles. The van der Waals surface area contributed by atoms with E-state index in [9.17, 15) is 4.79 Å². The van der Waals surface area contributed by atoms with Gasteiger partial charge < -0.3 is 15.1 Å². The van der Waals surface area contributed by atoms with E-state index in [1.54, 1.807) is 16.2 Å². The number of fused-ring (bicyclic) bond motifs is 1. The predicted molar refractivity (Wildman–Crippen MR) is 76.7 cm³/mol. The fraction of sp³-hybridized carbons (Fsp3) is 0.692. The van der Waals surface area contributed by atoms with E-state index in [1.807, 2.05) is 14.1 Å². The Hall–Kier alpha value is -1.14. The number of amides is 1. The molecule has 19 heavy (non-hydrogen) atoms. The van der Waals surface area contributed by atoms with E-state index in [2.05, 4.69) is 10.2 Å². The van der Waals surface area contributed by atoms with Crippen LogP contribution in [0.4, 0.5) is 5.13 Å². The Kier molecular flexibility index (Phi) is 3.45. The van der Waals surface area contributed by atoms with Crippen molar-refractivity contribution in [3.8, 4) is 0 Å². The molecule has 6 heteroatoms. The maximum Gasteiger partial charge on any atom is 0.241 e. The highest BCUT2D eigenvalue weighted by Gasteiger charge is 2.28. The molecule has 1 amide bonds. The largest absolute Gasteiger partial charge is 0.342 e. The molecular weight excluding hydrogens is 260 g/mol. The molecule has 2 heterocycles. The lowest BCUT2D eigenvalue weighted by Crippen LogP contribution is -2.48. The number of hydrogen-bond donors (Lipinski definition) is 1. The fourth-order valence-electron chi connectivity index (χ4n) is 2.74. The smallest absolute Gasteiger partial charge is 0.241 e. The lowest BCUT2D eigenvalue weighted by Gasteiger charge is -2.31. The number of hydrogen-bond acceptors (Lipinski definition) is 5. The van der Waals surface area contributed by atoms with Gasteiger partial charge in [-0.05, 0) is 26.3 Å². The standard InChI is InChI=1S/C13H20N4OS/c1-14-9-4-3-5-10-12(9)19-13(15-10)17-7-6-16(2)11(18)8-17/h9,14H,3-8H2,1-2H3. The number of thiazole rings is 1. The third-order valence-corrected chi connectivity index (χ3v) is 5.29. The lowest BCUT2D eigenvalue weighted by atomic mass is 9.98. The van der Waals surface area contributed by atoms with E-state index in [0.717, 1.165) is 24.6 Å². The summed E-state index contributed by atoms with van der Waals surface area (Å²) in [5, 5.41) is 4.39. The maximum atomic E-state index is 11.8. The molecule has 1 aliphatic carbocycles. The number of nitrogens with zero attached hydrogens (tertiary/aromatic N) is 3. The summed E-state index contributed by atoms with van der Waals surface area (Å²) in [6.45, 7) is 2.14. The van der Waals surface area contributed by atoms with Gasteiger partial charge in [0.2, 0.25) is 5.91 Å². The molecule has 2 aliphatic rings. The minimum atomic E-state index is 0.185. The van der Waals surface area contributed by atoms with Crippen molar-refractivity contribution < 1.29 is 4.79 Å². The van der Waals surface area contributed by atoms with Crippen molar-refractivity contribution in [2.24, 2.45) is 0 Å². The first kappa shape index (κ1) is 12.9. The van der Waals surface area contributed by atoms with Crippen LogP contribution < -0.4 is 10.2 Å². The van der Waals surface area contributed by atoms with Crippen LogP contribution in [-0.2, 0) is 11.2 Å². The Bertz CT molecular complexity index is 487. The quantitative estimate of drug-likeness (QED) is 0.878. The molecule has 1 N–H and O–H groups in total. The van der Waals surface area contributed by atoms with Gasteiger partial charge in [0.05, 0.1) is 12.2 Å². The molecule has 1 aliphatic heterocycles. The highest BCUT2D eigenvalue weighted by atomic mass is 32.1. The molecular formula is C13H20N4OS. The molecule has 0 radical (unpaired) electrons. The zero-order valence-electron chi connectivity index (χ0n) is 11.5. The Labute approximate surface area is 117 Å². The molecule has 1 aromatic rings. The van der Waals surface area contributed by atoms with Gasteiger partial charge in [0.1, 0.15) is 0 Å². The van der Waals surface area contributed by atoms with E-state index in [4.69, 9.17) is 4.98 Å². The van der Waals surface area contributed by atoms with Crippen molar-refractivity contribution in [2.75, 3.05) is 38.6 Å². The van der Waals surface area contributed by atoms with Crippen molar-refractivity contribution in [3.05, 3.63) is 10.6 Å². The second-order valence-corrected chi connectivity index (χ2v) is 6.29. The minimum Gasteiger partial charge on any atom is -0.342 e. The first-order valence-electron chi connectivity index (χ1n) is 6.85. The van der Waals surface area contributed by atoms with Crippen LogP contribution >= 0.6 is 11.3 Å². The minimum absolute atomic E-state index is 0.185. The third-order valence-electron chi connectivity index (χ3n) is 4.02. The van der Waals surface area contributed by atoms with Crippen LogP contribution in [0, 0.1) is 0 Å². The second kappa shape index (κ2) is 5.09. The third kappa shape index (κ3) is 2.34. The molecule has 1 fully saturated rings. The number of carbonyl (C=O) groups excluding carboxylic acids is 1. The predicted octanol–water partition coefficient (Wildman–Crippen LogP) is 1.02. The van der Waals surface area contributed by atoms with Gasteiger partial charge >= 0.3 is 0 Å². The Balaban J connectivity index is 1.83. The number of rotatable bonds is 2. The van der Waals surface area contributed by atoms with Crippen molar-refractivity contribution in [1.82, 2.24) is 15.2 Å². The number of aromatic nitrogens is 1. The van der Waals surface area contributed by atoms with Gasteiger partial charge in [0, 0.05) is 31.1 Å². The van der Waals surface area contributed by atoms with Gasteiger partial charge in [-0.2, -0.15) is 0 Å². The molecule has 0 bridgehead atoms. The van der Waals surface area contributed by atoms with Gasteiger partial charge in [-0.3, -0.25) is 4.79 Å². The van der Waals surface area contributed by atoms with Gasteiger partial charge in [0.25, 0.3) is 0 Å².